The summed E-state index contributed by atoms with van der Waals surface area (Å²) in [6.07, 6.45) is -0.240. The first kappa shape index (κ1) is 18.6. The molecule has 6 nitrogen and oxygen atoms in total. The van der Waals surface area contributed by atoms with Crippen molar-refractivity contribution in [3.8, 4) is 0 Å². The zero-order valence-electron chi connectivity index (χ0n) is 13.8. The molecule has 1 aromatic rings. The van der Waals surface area contributed by atoms with Gasteiger partial charge in [0.2, 0.25) is 11.8 Å². The lowest BCUT2D eigenvalue weighted by atomic mass is 9.61. The van der Waals surface area contributed by atoms with Gasteiger partial charge in [-0.05, 0) is 24.6 Å². The minimum atomic E-state index is -1.53. The fourth-order valence-corrected chi connectivity index (χ4v) is 3.75. The minimum Gasteiger partial charge on any atom is -0.389 e. The van der Waals surface area contributed by atoms with Gasteiger partial charge < -0.3 is 15.7 Å². The fourth-order valence-electron chi connectivity index (χ4n) is 3.49. The normalized spacial score (nSPS) is 29.9. The molecule has 7 heteroatoms. The third-order valence-corrected chi connectivity index (χ3v) is 5.11. The van der Waals surface area contributed by atoms with Gasteiger partial charge in [0.25, 0.3) is 0 Å². The van der Waals surface area contributed by atoms with E-state index in [4.69, 9.17) is 0 Å². The van der Waals surface area contributed by atoms with Crippen LogP contribution in [0.3, 0.4) is 0 Å². The molecule has 0 radical (unpaired) electrons. The van der Waals surface area contributed by atoms with Gasteiger partial charge in [0.05, 0.1) is 11.5 Å². The fraction of sp³-hybridized carbons (Fsp3) is 0.471. The number of halogens is 1. The Hall–Kier alpha value is -1.73. The van der Waals surface area contributed by atoms with Gasteiger partial charge >= 0.3 is 0 Å². The van der Waals surface area contributed by atoms with Crippen molar-refractivity contribution in [2.24, 2.45) is 11.8 Å². The van der Waals surface area contributed by atoms with Gasteiger partial charge in [-0.1, -0.05) is 28.1 Å². The minimum absolute atomic E-state index is 0.240. The highest BCUT2D eigenvalue weighted by molar-refractivity contribution is 9.10. The van der Waals surface area contributed by atoms with Gasteiger partial charge in [0.15, 0.2) is 0 Å². The number of carbonyl (C=O) groups excluding carboxylic acids is 3. The lowest BCUT2D eigenvalue weighted by Gasteiger charge is -2.44. The second-order valence-corrected chi connectivity index (χ2v) is 7.18. The van der Waals surface area contributed by atoms with Gasteiger partial charge in [-0.3, -0.25) is 14.4 Å². The quantitative estimate of drug-likeness (QED) is 0.663. The average Bonchev–Trinajstić information content (AvgIpc) is 2.53. The van der Waals surface area contributed by atoms with Crippen LogP contribution in [0.25, 0.3) is 0 Å². The highest BCUT2D eigenvalue weighted by Crippen LogP contribution is 2.46. The number of amides is 2. The molecule has 1 aliphatic rings. The van der Waals surface area contributed by atoms with E-state index in [1.165, 1.54) is 21.0 Å². The predicted octanol–water partition coefficient (Wildman–Crippen LogP) is 0.981. The number of aliphatic hydroxyl groups is 1. The van der Waals surface area contributed by atoms with Crippen LogP contribution in [0.1, 0.15) is 24.8 Å². The van der Waals surface area contributed by atoms with Crippen molar-refractivity contribution >= 4 is 33.5 Å². The largest absolute Gasteiger partial charge is 0.389 e. The van der Waals surface area contributed by atoms with E-state index in [-0.39, 0.29) is 12.2 Å². The highest BCUT2D eigenvalue weighted by atomic mass is 79.9. The van der Waals surface area contributed by atoms with Gasteiger partial charge in [-0.25, -0.2) is 0 Å². The summed E-state index contributed by atoms with van der Waals surface area (Å²) in [6, 6.07) is 7.08. The second-order valence-electron chi connectivity index (χ2n) is 6.26. The zero-order valence-corrected chi connectivity index (χ0v) is 15.4. The van der Waals surface area contributed by atoms with E-state index in [1.54, 1.807) is 24.3 Å². The first-order valence-corrected chi connectivity index (χ1v) is 8.46. The predicted molar refractivity (Wildman–Crippen MR) is 92.2 cm³/mol. The average molecular weight is 397 g/mol. The van der Waals surface area contributed by atoms with E-state index in [9.17, 15) is 19.5 Å². The van der Waals surface area contributed by atoms with E-state index >= 15 is 0 Å². The molecule has 24 heavy (non-hydrogen) atoms. The molecular formula is C17H21BrN2O4. The SMILES string of the molecule is CNC(=O)[C@@H]1C(=O)C[C@](C)(O)[C@@H](C(=O)NC)[C@@H]1c1ccc(Br)cc1. The monoisotopic (exact) mass is 396 g/mol. The Labute approximate surface area is 149 Å². The van der Waals surface area contributed by atoms with Gasteiger partial charge in [0, 0.05) is 30.9 Å². The number of benzene rings is 1. The summed E-state index contributed by atoms with van der Waals surface area (Å²) in [5.74, 6) is -3.88. The van der Waals surface area contributed by atoms with E-state index in [0.29, 0.717) is 5.56 Å². The molecule has 1 fully saturated rings. The van der Waals surface area contributed by atoms with Crippen molar-refractivity contribution < 1.29 is 19.5 Å². The number of nitrogens with one attached hydrogen (secondary N) is 2. The van der Waals surface area contributed by atoms with Crippen LogP contribution in [0, 0.1) is 11.8 Å². The van der Waals surface area contributed by atoms with Crippen molar-refractivity contribution in [3.05, 3.63) is 34.3 Å². The maximum Gasteiger partial charge on any atom is 0.230 e. The number of hydrogen-bond acceptors (Lipinski definition) is 4. The molecule has 0 saturated heterocycles. The summed E-state index contributed by atoms with van der Waals surface area (Å²) >= 11 is 3.34. The summed E-state index contributed by atoms with van der Waals surface area (Å²) < 4.78 is 0.841. The van der Waals surface area contributed by atoms with Crippen molar-refractivity contribution in [3.63, 3.8) is 0 Å². The molecule has 0 aromatic heterocycles. The molecule has 1 saturated carbocycles. The van der Waals surface area contributed by atoms with Crippen LogP contribution in [0.4, 0.5) is 0 Å². The summed E-state index contributed by atoms with van der Waals surface area (Å²) in [5.41, 5.74) is -0.867. The first-order valence-electron chi connectivity index (χ1n) is 7.66. The molecule has 3 N–H and O–H groups in total. The van der Waals surface area contributed by atoms with Crippen LogP contribution >= 0.6 is 15.9 Å². The number of hydrogen-bond donors (Lipinski definition) is 3. The third-order valence-electron chi connectivity index (χ3n) is 4.58. The number of carbonyl (C=O) groups is 3. The molecule has 1 aliphatic carbocycles. The van der Waals surface area contributed by atoms with Crippen LogP contribution in [-0.2, 0) is 14.4 Å². The smallest absolute Gasteiger partial charge is 0.230 e. The Morgan fingerprint density at radius 3 is 2.21 bits per heavy atom. The molecule has 0 heterocycles. The Morgan fingerprint density at radius 1 is 1.17 bits per heavy atom. The standard InChI is InChI=1S/C17H21BrN2O4/c1-17(24)8-11(21)13(15(22)19-2)12(14(17)16(23)20-3)9-4-6-10(18)7-5-9/h4-7,12-14,24H,8H2,1-3H3,(H,19,22)(H,20,23)/t12-,13-,14-,17+/m1/s1. The molecule has 1 aromatic carbocycles. The third kappa shape index (κ3) is 3.37. The Morgan fingerprint density at radius 2 is 1.71 bits per heavy atom. The Balaban J connectivity index is 2.63. The molecule has 2 rings (SSSR count). The summed E-state index contributed by atoms with van der Waals surface area (Å²) in [7, 11) is 2.93. The molecule has 0 aliphatic heterocycles. The van der Waals surface area contributed by atoms with Crippen LogP contribution in [0.5, 0.6) is 0 Å². The van der Waals surface area contributed by atoms with E-state index in [0.717, 1.165) is 4.47 Å². The number of rotatable bonds is 3. The van der Waals surface area contributed by atoms with Gasteiger partial charge in [0.1, 0.15) is 11.7 Å². The number of Topliss-reactive ketones (excluding diaryl/α,β-unsaturated/α-hetero) is 1. The Bertz CT molecular complexity index is 657. The van der Waals surface area contributed by atoms with Crippen molar-refractivity contribution in [1.29, 1.82) is 0 Å². The van der Waals surface area contributed by atoms with Gasteiger partial charge in [-0.2, -0.15) is 0 Å². The topological polar surface area (TPSA) is 95.5 Å². The van der Waals surface area contributed by atoms with Gasteiger partial charge in [-0.15, -0.1) is 0 Å². The van der Waals surface area contributed by atoms with Crippen LogP contribution in [-0.4, -0.2) is 42.4 Å². The van der Waals surface area contributed by atoms with E-state index in [1.807, 2.05) is 0 Å². The first-order chi connectivity index (χ1) is 11.2. The van der Waals surface area contributed by atoms with Crippen molar-refractivity contribution in [2.45, 2.75) is 24.9 Å². The van der Waals surface area contributed by atoms with E-state index in [2.05, 4.69) is 26.6 Å². The van der Waals surface area contributed by atoms with Crippen LogP contribution in [0.2, 0.25) is 0 Å². The summed E-state index contributed by atoms with van der Waals surface area (Å²) in [6.45, 7) is 1.47. The summed E-state index contributed by atoms with van der Waals surface area (Å²) in [5, 5.41) is 15.8. The van der Waals surface area contributed by atoms with Crippen LogP contribution in [0.15, 0.2) is 28.7 Å². The summed E-state index contributed by atoms with van der Waals surface area (Å²) in [4.78, 5) is 37.4. The molecular weight excluding hydrogens is 376 g/mol. The Kier molecular flexibility index (Phi) is 5.45. The maximum atomic E-state index is 12.6. The molecule has 0 bridgehead atoms. The molecule has 4 atom stereocenters. The van der Waals surface area contributed by atoms with Crippen molar-refractivity contribution in [2.75, 3.05) is 14.1 Å². The second kappa shape index (κ2) is 7.03. The molecule has 130 valence electrons. The highest BCUT2D eigenvalue weighted by Gasteiger charge is 2.55. The lowest BCUT2D eigenvalue weighted by Crippen LogP contribution is -2.57. The number of ketones is 1. The maximum absolute atomic E-state index is 12.6. The van der Waals surface area contributed by atoms with Crippen LogP contribution < -0.4 is 10.6 Å². The molecule has 2 amide bonds. The van der Waals surface area contributed by atoms with Crippen molar-refractivity contribution in [1.82, 2.24) is 10.6 Å². The molecule has 0 spiro atoms. The van der Waals surface area contributed by atoms with E-state index < -0.39 is 35.2 Å². The zero-order chi connectivity index (χ0) is 18.1. The molecule has 0 unspecified atom stereocenters. The lowest BCUT2D eigenvalue weighted by molar-refractivity contribution is -0.153.